The van der Waals surface area contributed by atoms with Crippen LogP contribution in [0.3, 0.4) is 0 Å². The summed E-state index contributed by atoms with van der Waals surface area (Å²) in [6.07, 6.45) is 0. The molecular weight excluding hydrogens is 292 g/mol. The highest BCUT2D eigenvalue weighted by Gasteiger charge is 2.37. The van der Waals surface area contributed by atoms with E-state index in [1.807, 2.05) is 18.2 Å². The Balaban J connectivity index is 2.36. The molecule has 0 fully saturated rings. The Morgan fingerprint density at radius 1 is 1.13 bits per heavy atom. The number of para-hydroxylation sites is 1. The average Bonchev–Trinajstić information content (AvgIpc) is 2.55. The van der Waals surface area contributed by atoms with Crippen LogP contribution in [-0.2, 0) is 0 Å². The van der Waals surface area contributed by atoms with Gasteiger partial charge in [0, 0.05) is 17.0 Å². The van der Waals surface area contributed by atoms with Crippen LogP contribution in [0.2, 0.25) is 0 Å². The number of benzene rings is 1. The van der Waals surface area contributed by atoms with Gasteiger partial charge in [-0.05, 0) is 6.07 Å². The molecule has 110 valence electrons. The summed E-state index contributed by atoms with van der Waals surface area (Å²) >= 11 is 0. The molecule has 7 nitrogen and oxygen atoms in total. The van der Waals surface area contributed by atoms with Crippen LogP contribution in [0.5, 0.6) is 11.6 Å². The molecule has 1 aliphatic rings. The minimum absolute atomic E-state index is 0.0198. The van der Waals surface area contributed by atoms with Crippen LogP contribution in [0.25, 0.3) is 0 Å². The second-order valence-corrected chi connectivity index (χ2v) is 4.97. The minimum atomic E-state index is -1.00. The molecule has 3 rings (SSSR count). The van der Waals surface area contributed by atoms with Gasteiger partial charge in [0.15, 0.2) is 0 Å². The number of nitrogen functional groups attached to an aromatic ring is 2. The molecule has 1 aromatic heterocycles. The van der Waals surface area contributed by atoms with Crippen molar-refractivity contribution in [1.29, 1.82) is 15.8 Å². The zero-order chi connectivity index (χ0) is 16.6. The maximum atomic E-state index is 9.34. The second kappa shape index (κ2) is 5.22. The van der Waals surface area contributed by atoms with Gasteiger partial charge >= 0.3 is 0 Å². The zero-order valence-corrected chi connectivity index (χ0v) is 11.8. The molecule has 0 saturated carbocycles. The zero-order valence-electron chi connectivity index (χ0n) is 11.8. The number of ether oxygens (including phenoxy) is 1. The standard InChI is InChI=1S/C16H10N6O/c17-5-8(6-18)12-9-3-1-2-4-11(9)23-16-13(12)14(20)10(7-19)15(21)22-16/h1-4,8,12H,(H4,20,21,22)/t12-/m1/s1. The number of hydrogen-bond donors (Lipinski definition) is 2. The molecule has 0 saturated heterocycles. The molecule has 1 aliphatic heterocycles. The van der Waals surface area contributed by atoms with Crippen molar-refractivity contribution in [3.05, 3.63) is 41.0 Å². The third kappa shape index (κ3) is 1.98. The highest BCUT2D eigenvalue weighted by Crippen LogP contribution is 2.49. The maximum Gasteiger partial charge on any atom is 0.227 e. The van der Waals surface area contributed by atoms with Gasteiger partial charge in [-0.1, -0.05) is 18.2 Å². The number of rotatable bonds is 1. The summed E-state index contributed by atoms with van der Waals surface area (Å²) in [4.78, 5) is 4.08. The van der Waals surface area contributed by atoms with Gasteiger partial charge in [-0.3, -0.25) is 0 Å². The lowest BCUT2D eigenvalue weighted by Gasteiger charge is -2.29. The van der Waals surface area contributed by atoms with Gasteiger partial charge in [-0.15, -0.1) is 0 Å². The molecule has 2 heterocycles. The van der Waals surface area contributed by atoms with Crippen molar-refractivity contribution in [3.63, 3.8) is 0 Å². The van der Waals surface area contributed by atoms with Gasteiger partial charge in [0.25, 0.3) is 0 Å². The Morgan fingerprint density at radius 3 is 2.48 bits per heavy atom. The first-order valence-corrected chi connectivity index (χ1v) is 6.67. The SMILES string of the molecule is N#Cc1c(N)nc2c(c1N)[C@H](C(C#N)C#N)c1ccccc1O2. The van der Waals surface area contributed by atoms with E-state index in [4.69, 9.17) is 16.2 Å². The normalized spacial score (nSPS) is 14.6. The Bertz CT molecular complexity index is 917. The van der Waals surface area contributed by atoms with Crippen LogP contribution in [0.15, 0.2) is 24.3 Å². The van der Waals surface area contributed by atoms with E-state index in [2.05, 4.69) is 4.98 Å². The molecule has 1 atom stereocenters. The van der Waals surface area contributed by atoms with E-state index in [9.17, 15) is 15.8 Å². The smallest absolute Gasteiger partial charge is 0.227 e. The van der Waals surface area contributed by atoms with E-state index in [-0.39, 0.29) is 22.9 Å². The first kappa shape index (κ1) is 14.2. The summed E-state index contributed by atoms with van der Waals surface area (Å²) in [5, 5.41) is 27.9. The van der Waals surface area contributed by atoms with E-state index < -0.39 is 11.8 Å². The van der Waals surface area contributed by atoms with Crippen molar-refractivity contribution < 1.29 is 4.74 Å². The van der Waals surface area contributed by atoms with E-state index in [1.165, 1.54) is 0 Å². The molecule has 0 bridgehead atoms. The molecule has 7 heteroatoms. The van der Waals surface area contributed by atoms with Crippen molar-refractivity contribution in [2.24, 2.45) is 5.92 Å². The van der Waals surface area contributed by atoms with Gasteiger partial charge in [-0.2, -0.15) is 20.8 Å². The number of fused-ring (bicyclic) bond motifs is 2. The molecular formula is C16H10N6O. The quantitative estimate of drug-likeness (QED) is 0.819. The Hall–Kier alpha value is -3.76. The number of nitriles is 3. The summed E-state index contributed by atoms with van der Waals surface area (Å²) in [6, 6.07) is 12.8. The first-order valence-electron chi connectivity index (χ1n) is 6.67. The van der Waals surface area contributed by atoms with Crippen LogP contribution < -0.4 is 16.2 Å². The number of nitrogens with two attached hydrogens (primary N) is 2. The summed E-state index contributed by atoms with van der Waals surface area (Å²) < 4.78 is 5.71. The van der Waals surface area contributed by atoms with Crippen molar-refractivity contribution in [1.82, 2.24) is 4.98 Å². The molecule has 0 radical (unpaired) electrons. The number of nitrogens with zero attached hydrogens (tertiary/aromatic N) is 4. The molecule has 4 N–H and O–H groups in total. The summed E-state index contributed by atoms with van der Waals surface area (Å²) in [5.41, 5.74) is 12.9. The third-order valence-electron chi connectivity index (χ3n) is 3.76. The Morgan fingerprint density at radius 2 is 1.83 bits per heavy atom. The topological polar surface area (TPSA) is 146 Å². The minimum Gasteiger partial charge on any atom is -0.438 e. The molecule has 0 aliphatic carbocycles. The van der Waals surface area contributed by atoms with Gasteiger partial charge in [-0.25, -0.2) is 0 Å². The Labute approximate surface area is 131 Å². The van der Waals surface area contributed by atoms with Crippen LogP contribution in [-0.4, -0.2) is 4.98 Å². The first-order chi connectivity index (χ1) is 11.1. The molecule has 0 unspecified atom stereocenters. The molecule has 1 aromatic carbocycles. The fourth-order valence-corrected chi connectivity index (χ4v) is 2.72. The molecule has 23 heavy (non-hydrogen) atoms. The highest BCUT2D eigenvalue weighted by molar-refractivity contribution is 5.74. The van der Waals surface area contributed by atoms with E-state index in [0.717, 1.165) is 0 Å². The van der Waals surface area contributed by atoms with Gasteiger partial charge in [0.05, 0.1) is 17.8 Å². The summed E-state index contributed by atoms with van der Waals surface area (Å²) in [5.74, 6) is -1.11. The molecule has 0 spiro atoms. The summed E-state index contributed by atoms with van der Waals surface area (Å²) in [6.45, 7) is 0. The number of hydrogen-bond acceptors (Lipinski definition) is 7. The lowest BCUT2D eigenvalue weighted by atomic mass is 9.79. The van der Waals surface area contributed by atoms with Gasteiger partial charge in [0.1, 0.15) is 29.1 Å². The summed E-state index contributed by atoms with van der Waals surface area (Å²) in [7, 11) is 0. The monoisotopic (exact) mass is 302 g/mol. The number of anilines is 2. The predicted octanol–water partition coefficient (Wildman–Crippen LogP) is 2.02. The van der Waals surface area contributed by atoms with Crippen LogP contribution in [0.4, 0.5) is 11.5 Å². The maximum absolute atomic E-state index is 9.34. The van der Waals surface area contributed by atoms with E-state index >= 15 is 0 Å². The fraction of sp³-hybridized carbons (Fsp3) is 0.125. The van der Waals surface area contributed by atoms with Crippen LogP contribution in [0, 0.1) is 39.9 Å². The van der Waals surface area contributed by atoms with Crippen molar-refractivity contribution in [3.8, 4) is 29.8 Å². The van der Waals surface area contributed by atoms with E-state index in [0.29, 0.717) is 16.9 Å². The fourth-order valence-electron chi connectivity index (χ4n) is 2.72. The lowest BCUT2D eigenvalue weighted by molar-refractivity contribution is 0.422. The number of aromatic nitrogens is 1. The lowest BCUT2D eigenvalue weighted by Crippen LogP contribution is -2.21. The predicted molar refractivity (Wildman–Crippen MR) is 80.9 cm³/mol. The highest BCUT2D eigenvalue weighted by atomic mass is 16.5. The Kier molecular flexibility index (Phi) is 3.22. The van der Waals surface area contributed by atoms with Crippen LogP contribution in [0.1, 0.15) is 22.6 Å². The van der Waals surface area contributed by atoms with Crippen molar-refractivity contribution in [2.45, 2.75) is 5.92 Å². The van der Waals surface area contributed by atoms with Crippen molar-refractivity contribution in [2.75, 3.05) is 11.5 Å². The van der Waals surface area contributed by atoms with E-state index in [1.54, 1.807) is 24.3 Å². The van der Waals surface area contributed by atoms with Crippen molar-refractivity contribution >= 4 is 11.5 Å². The third-order valence-corrected chi connectivity index (χ3v) is 3.76. The van der Waals surface area contributed by atoms with Crippen LogP contribution >= 0.6 is 0 Å². The second-order valence-electron chi connectivity index (χ2n) is 4.97. The average molecular weight is 302 g/mol. The largest absolute Gasteiger partial charge is 0.438 e. The molecule has 2 aromatic rings. The number of pyridine rings is 1. The van der Waals surface area contributed by atoms with Gasteiger partial charge in [0.2, 0.25) is 5.88 Å². The molecule has 0 amide bonds. The van der Waals surface area contributed by atoms with Gasteiger partial charge < -0.3 is 16.2 Å².